The molecule has 3 aromatic carbocycles. The standard InChI is InChI=1S/C45H69O3P.Na.H/c1-4-7-10-13-16-19-22-25-40-28-34-43(35-29-40)46-49(47-44-36-30-41(31-37-44)26-23-20-17-14-11-8-5-2)48-45-38-32-42(33-39-45)27-24-21-18-15-12-9-6-3;;/h28-39H,4-27H2,1-3H3;;. The van der Waals surface area contributed by atoms with Crippen LogP contribution in [-0.4, -0.2) is 29.6 Å². The molecule has 0 bridgehead atoms. The fourth-order valence-electron chi connectivity index (χ4n) is 6.32. The third-order valence-corrected chi connectivity index (χ3v) is 10.6. The zero-order valence-electron chi connectivity index (χ0n) is 31.6. The molecule has 3 rings (SSSR count). The van der Waals surface area contributed by atoms with E-state index in [0.29, 0.717) is 0 Å². The Morgan fingerprint density at radius 3 is 0.780 bits per heavy atom. The third kappa shape index (κ3) is 21.1. The van der Waals surface area contributed by atoms with Crippen LogP contribution in [0.5, 0.6) is 17.2 Å². The summed E-state index contributed by atoms with van der Waals surface area (Å²) >= 11 is 0. The van der Waals surface area contributed by atoms with Crippen LogP contribution in [0, 0.1) is 0 Å². The molecular formula is C45H70NaO3P. The molecule has 3 aromatic rings. The summed E-state index contributed by atoms with van der Waals surface area (Å²) in [7, 11) is -1.68. The first-order valence-electron chi connectivity index (χ1n) is 20.3. The molecule has 0 unspecified atom stereocenters. The van der Waals surface area contributed by atoms with Crippen LogP contribution in [0.1, 0.15) is 172 Å². The van der Waals surface area contributed by atoms with E-state index in [1.165, 1.54) is 152 Å². The summed E-state index contributed by atoms with van der Waals surface area (Å²) in [5, 5.41) is 0. The van der Waals surface area contributed by atoms with Crippen LogP contribution in [0.2, 0.25) is 0 Å². The van der Waals surface area contributed by atoms with E-state index in [2.05, 4.69) is 93.6 Å². The van der Waals surface area contributed by atoms with Crippen LogP contribution in [-0.2, 0) is 19.3 Å². The predicted molar refractivity (Wildman–Crippen MR) is 220 cm³/mol. The molecule has 0 radical (unpaired) electrons. The van der Waals surface area contributed by atoms with Gasteiger partial charge in [0, 0.05) is 0 Å². The van der Waals surface area contributed by atoms with Gasteiger partial charge in [-0.1, -0.05) is 173 Å². The number of hydrogen-bond donors (Lipinski definition) is 0. The van der Waals surface area contributed by atoms with E-state index >= 15 is 0 Å². The van der Waals surface area contributed by atoms with Crippen LogP contribution in [0.15, 0.2) is 72.8 Å². The molecular weight excluding hydrogens is 642 g/mol. The van der Waals surface area contributed by atoms with Crippen LogP contribution >= 0.6 is 8.60 Å². The maximum absolute atomic E-state index is 6.38. The molecule has 0 heterocycles. The molecule has 0 aliphatic carbocycles. The van der Waals surface area contributed by atoms with E-state index in [4.69, 9.17) is 13.6 Å². The van der Waals surface area contributed by atoms with Gasteiger partial charge in [-0.15, -0.1) is 0 Å². The van der Waals surface area contributed by atoms with E-state index < -0.39 is 8.60 Å². The molecule has 0 N–H and O–H groups in total. The molecule has 5 heteroatoms. The molecule has 0 amide bonds. The Morgan fingerprint density at radius 1 is 0.320 bits per heavy atom. The average molecular weight is 713 g/mol. The Kier molecular flexibility index (Phi) is 26.8. The predicted octanol–water partition coefficient (Wildman–Crippen LogP) is 14.7. The van der Waals surface area contributed by atoms with Crippen molar-refractivity contribution >= 4 is 38.2 Å². The molecule has 0 saturated heterocycles. The number of hydrogen-bond acceptors (Lipinski definition) is 3. The molecule has 50 heavy (non-hydrogen) atoms. The first-order valence-corrected chi connectivity index (χ1v) is 21.4. The summed E-state index contributed by atoms with van der Waals surface area (Å²) in [6, 6.07) is 25.5. The average Bonchev–Trinajstić information content (AvgIpc) is 3.12. The third-order valence-electron chi connectivity index (χ3n) is 9.52. The number of unbranched alkanes of at least 4 members (excludes halogenated alkanes) is 18. The van der Waals surface area contributed by atoms with Crippen molar-refractivity contribution in [2.75, 3.05) is 0 Å². The van der Waals surface area contributed by atoms with Gasteiger partial charge >= 0.3 is 38.2 Å². The van der Waals surface area contributed by atoms with Gasteiger partial charge in [-0.05, 0) is 91.6 Å². The van der Waals surface area contributed by atoms with Crippen molar-refractivity contribution in [1.29, 1.82) is 0 Å². The van der Waals surface area contributed by atoms with Gasteiger partial charge in [-0.3, -0.25) is 0 Å². The maximum atomic E-state index is 6.38. The Bertz CT molecular complexity index is 1030. The minimum absolute atomic E-state index is 0. The zero-order valence-corrected chi connectivity index (χ0v) is 32.5. The fraction of sp³-hybridized carbons (Fsp3) is 0.600. The summed E-state index contributed by atoms with van der Waals surface area (Å²) < 4.78 is 19.1. The van der Waals surface area contributed by atoms with Crippen molar-refractivity contribution in [1.82, 2.24) is 0 Å². The molecule has 0 aliphatic rings. The molecule has 0 saturated carbocycles. The Morgan fingerprint density at radius 2 is 0.540 bits per heavy atom. The van der Waals surface area contributed by atoms with Crippen LogP contribution in [0.25, 0.3) is 0 Å². The Labute approximate surface area is 331 Å². The fourth-order valence-corrected chi connectivity index (χ4v) is 7.32. The topological polar surface area (TPSA) is 27.7 Å². The van der Waals surface area contributed by atoms with E-state index in [1.54, 1.807) is 0 Å². The van der Waals surface area contributed by atoms with Crippen molar-refractivity contribution in [3.63, 3.8) is 0 Å². The summed E-state index contributed by atoms with van der Waals surface area (Å²) in [5.74, 6) is 2.33. The van der Waals surface area contributed by atoms with Gasteiger partial charge in [0.25, 0.3) is 0 Å². The Hall–Kier alpha value is -1.51. The second-order valence-corrected chi connectivity index (χ2v) is 15.0. The molecule has 274 valence electrons. The van der Waals surface area contributed by atoms with E-state index in [1.807, 2.05) is 0 Å². The second-order valence-electron chi connectivity index (χ2n) is 14.0. The molecule has 0 aromatic heterocycles. The van der Waals surface area contributed by atoms with Gasteiger partial charge in [0.2, 0.25) is 0 Å². The van der Waals surface area contributed by atoms with Gasteiger partial charge in [0.05, 0.1) is 0 Å². The quantitative estimate of drug-likeness (QED) is 0.0391. The normalized spacial score (nSPS) is 11.0. The van der Waals surface area contributed by atoms with Crippen LogP contribution in [0.3, 0.4) is 0 Å². The van der Waals surface area contributed by atoms with Crippen molar-refractivity contribution in [2.45, 2.75) is 175 Å². The monoisotopic (exact) mass is 712 g/mol. The van der Waals surface area contributed by atoms with Gasteiger partial charge < -0.3 is 13.6 Å². The number of aryl methyl sites for hydroxylation is 3. The van der Waals surface area contributed by atoms with Gasteiger partial charge in [0.1, 0.15) is 17.2 Å². The molecule has 0 fully saturated rings. The van der Waals surface area contributed by atoms with Crippen molar-refractivity contribution in [3.8, 4) is 17.2 Å². The molecule has 0 aliphatic heterocycles. The Balaban J connectivity index is 0.00000867. The van der Waals surface area contributed by atoms with Crippen LogP contribution < -0.4 is 13.6 Å². The second kappa shape index (κ2) is 30.0. The first-order chi connectivity index (χ1) is 24.2. The van der Waals surface area contributed by atoms with Crippen LogP contribution in [0.4, 0.5) is 0 Å². The summed E-state index contributed by atoms with van der Waals surface area (Å²) in [6.07, 6.45) is 31.3. The summed E-state index contributed by atoms with van der Waals surface area (Å²) in [5.41, 5.74) is 4.08. The molecule has 0 atom stereocenters. The first kappa shape index (κ1) is 44.7. The number of benzene rings is 3. The summed E-state index contributed by atoms with van der Waals surface area (Å²) in [6.45, 7) is 6.83. The van der Waals surface area contributed by atoms with E-state index in [9.17, 15) is 0 Å². The van der Waals surface area contributed by atoms with Gasteiger partial charge in [-0.25, -0.2) is 0 Å². The summed E-state index contributed by atoms with van der Waals surface area (Å²) in [4.78, 5) is 0. The van der Waals surface area contributed by atoms with Crippen molar-refractivity contribution < 1.29 is 13.6 Å². The van der Waals surface area contributed by atoms with Gasteiger partial charge in [0.15, 0.2) is 0 Å². The SMILES string of the molecule is CCCCCCCCCc1ccc(OP(Oc2ccc(CCCCCCCCC)cc2)Oc2ccc(CCCCCCCCC)cc2)cc1.[NaH]. The van der Waals surface area contributed by atoms with E-state index in [0.717, 1.165) is 36.5 Å². The molecule has 3 nitrogen and oxygen atoms in total. The van der Waals surface area contributed by atoms with Gasteiger partial charge in [-0.2, -0.15) is 0 Å². The molecule has 0 spiro atoms. The van der Waals surface area contributed by atoms with Crippen molar-refractivity contribution in [3.05, 3.63) is 89.5 Å². The zero-order chi connectivity index (χ0) is 34.6. The number of rotatable bonds is 30. The minimum atomic E-state index is -1.68. The van der Waals surface area contributed by atoms with E-state index in [-0.39, 0.29) is 29.6 Å². The van der Waals surface area contributed by atoms with Crippen molar-refractivity contribution in [2.24, 2.45) is 0 Å².